The Kier molecular flexibility index (Phi) is 9.19. The second-order valence-corrected chi connectivity index (χ2v) is 11.7. The summed E-state index contributed by atoms with van der Waals surface area (Å²) in [7, 11) is 1.90. The van der Waals surface area contributed by atoms with Crippen molar-refractivity contribution in [1.82, 2.24) is 0 Å². The first-order chi connectivity index (χ1) is 14.5. The van der Waals surface area contributed by atoms with Gasteiger partial charge in [-0.2, -0.15) is 11.8 Å². The Morgan fingerprint density at radius 3 is 2.37 bits per heavy atom. The number of allylic oxidation sites excluding steroid dienone is 1. The lowest BCUT2D eigenvalue weighted by atomic mass is 9.69. The number of ether oxygens (including phenoxy) is 3. The molecule has 0 radical (unpaired) electrons. The van der Waals surface area contributed by atoms with Crippen LogP contribution in [0.5, 0.6) is 0 Å². The molecule has 6 atom stereocenters. The summed E-state index contributed by atoms with van der Waals surface area (Å²) in [5.74, 6) is 2.15. The van der Waals surface area contributed by atoms with E-state index in [2.05, 4.69) is 51.6 Å². The Hall–Kier alpha value is -0.0300. The minimum atomic E-state index is -0.139. The second-order valence-electron chi connectivity index (χ2n) is 10.3. The standard InChI is InChI=1S/C26H46O3S/c1-6-7-8-9-10-11-12-13-18-30-21-16-17-26(19-28-26)24(23(21)27-5)25(4)22(29-25)15-14-20(2)3/h14-15,20-24H,6-13,16-19H2,1-5H3. The van der Waals surface area contributed by atoms with E-state index in [1.807, 2.05) is 7.11 Å². The number of thioether (sulfide) groups is 1. The van der Waals surface area contributed by atoms with E-state index in [1.165, 1.54) is 63.5 Å². The normalized spacial score (nSPS) is 38.1. The molecule has 30 heavy (non-hydrogen) atoms. The number of methoxy groups -OCH3 is 1. The van der Waals surface area contributed by atoms with E-state index in [-0.39, 0.29) is 23.4 Å². The summed E-state index contributed by atoms with van der Waals surface area (Å²) >= 11 is 2.14. The summed E-state index contributed by atoms with van der Waals surface area (Å²) in [6, 6.07) is 0. The summed E-state index contributed by atoms with van der Waals surface area (Å²) in [6.45, 7) is 9.90. The van der Waals surface area contributed by atoms with Crippen LogP contribution in [0.25, 0.3) is 0 Å². The highest BCUT2D eigenvalue weighted by Crippen LogP contribution is 2.60. The van der Waals surface area contributed by atoms with Crippen LogP contribution in [0.3, 0.4) is 0 Å². The molecule has 3 nitrogen and oxygen atoms in total. The zero-order valence-corrected chi connectivity index (χ0v) is 21.0. The highest BCUT2D eigenvalue weighted by atomic mass is 32.2. The van der Waals surface area contributed by atoms with Crippen LogP contribution < -0.4 is 0 Å². The van der Waals surface area contributed by atoms with Gasteiger partial charge in [-0.25, -0.2) is 0 Å². The number of epoxide rings is 2. The molecule has 6 unspecified atom stereocenters. The smallest absolute Gasteiger partial charge is 0.106 e. The third-order valence-corrected chi connectivity index (χ3v) is 8.86. The summed E-state index contributed by atoms with van der Waals surface area (Å²) in [4.78, 5) is 0. The predicted octanol–water partition coefficient (Wildman–Crippen LogP) is 6.79. The van der Waals surface area contributed by atoms with Crippen LogP contribution >= 0.6 is 11.8 Å². The minimum Gasteiger partial charge on any atom is -0.380 e. The molecular formula is C26H46O3S. The van der Waals surface area contributed by atoms with Crippen molar-refractivity contribution in [1.29, 1.82) is 0 Å². The fourth-order valence-corrected chi connectivity index (χ4v) is 6.88. The molecule has 3 aliphatic rings. The van der Waals surface area contributed by atoms with E-state index in [1.54, 1.807) is 0 Å². The molecule has 2 aliphatic heterocycles. The van der Waals surface area contributed by atoms with Crippen LogP contribution in [-0.2, 0) is 14.2 Å². The number of rotatable bonds is 14. The lowest BCUT2D eigenvalue weighted by Crippen LogP contribution is -2.53. The van der Waals surface area contributed by atoms with E-state index in [9.17, 15) is 0 Å². The lowest BCUT2D eigenvalue weighted by Gasteiger charge is -2.43. The molecule has 0 bridgehead atoms. The Bertz CT molecular complexity index is 544. The van der Waals surface area contributed by atoms with Crippen LogP contribution in [0.4, 0.5) is 0 Å². The molecule has 4 heteroatoms. The van der Waals surface area contributed by atoms with Crippen LogP contribution in [-0.4, -0.2) is 48.1 Å². The van der Waals surface area contributed by atoms with Gasteiger partial charge in [-0.3, -0.25) is 0 Å². The van der Waals surface area contributed by atoms with Gasteiger partial charge in [0, 0.05) is 18.3 Å². The highest BCUT2D eigenvalue weighted by Gasteiger charge is 2.71. The molecular weight excluding hydrogens is 392 g/mol. The minimum absolute atomic E-state index is 0.00535. The van der Waals surface area contributed by atoms with Gasteiger partial charge in [0.15, 0.2) is 0 Å². The van der Waals surface area contributed by atoms with Crippen LogP contribution in [0.1, 0.15) is 91.9 Å². The molecule has 0 aromatic carbocycles. The number of hydrogen-bond acceptors (Lipinski definition) is 4. The SMILES string of the molecule is CCCCCCCCCCSC1CCC2(CO2)C(C2(C)OC2C=CC(C)C)C1OC. The van der Waals surface area contributed by atoms with E-state index in [4.69, 9.17) is 14.2 Å². The molecule has 0 aromatic rings. The van der Waals surface area contributed by atoms with Crippen molar-refractivity contribution in [3.05, 3.63) is 12.2 Å². The Morgan fingerprint density at radius 2 is 1.77 bits per heavy atom. The fraction of sp³-hybridized carbons (Fsp3) is 0.923. The summed E-state index contributed by atoms with van der Waals surface area (Å²) < 4.78 is 18.5. The van der Waals surface area contributed by atoms with Crippen molar-refractivity contribution < 1.29 is 14.2 Å². The Labute approximate surface area is 190 Å². The van der Waals surface area contributed by atoms with Crippen LogP contribution in [0.2, 0.25) is 0 Å². The molecule has 0 N–H and O–H groups in total. The molecule has 1 saturated carbocycles. The van der Waals surface area contributed by atoms with Crippen molar-refractivity contribution in [2.45, 2.75) is 121 Å². The largest absolute Gasteiger partial charge is 0.380 e. The zero-order chi connectivity index (χ0) is 21.6. The maximum Gasteiger partial charge on any atom is 0.106 e. The van der Waals surface area contributed by atoms with Gasteiger partial charge in [0.05, 0.1) is 18.3 Å². The summed E-state index contributed by atoms with van der Waals surface area (Å²) in [6.07, 6.45) is 18.5. The number of hydrogen-bond donors (Lipinski definition) is 0. The summed E-state index contributed by atoms with van der Waals surface area (Å²) in [5, 5.41) is 0.565. The highest BCUT2D eigenvalue weighted by molar-refractivity contribution is 7.99. The molecule has 174 valence electrons. The molecule has 0 amide bonds. The first kappa shape index (κ1) is 24.6. The quantitative estimate of drug-likeness (QED) is 0.170. The predicted molar refractivity (Wildman–Crippen MR) is 128 cm³/mol. The monoisotopic (exact) mass is 438 g/mol. The van der Waals surface area contributed by atoms with E-state index < -0.39 is 0 Å². The van der Waals surface area contributed by atoms with Gasteiger partial charge < -0.3 is 14.2 Å². The van der Waals surface area contributed by atoms with Gasteiger partial charge >= 0.3 is 0 Å². The van der Waals surface area contributed by atoms with Gasteiger partial charge in [-0.15, -0.1) is 0 Å². The van der Waals surface area contributed by atoms with Crippen LogP contribution in [0.15, 0.2) is 12.2 Å². The average molecular weight is 439 g/mol. The van der Waals surface area contributed by atoms with Gasteiger partial charge in [0.2, 0.25) is 0 Å². The van der Waals surface area contributed by atoms with Crippen molar-refractivity contribution in [2.24, 2.45) is 11.8 Å². The molecule has 2 heterocycles. The molecule has 2 saturated heterocycles. The third-order valence-electron chi connectivity index (χ3n) is 7.41. The van der Waals surface area contributed by atoms with E-state index >= 15 is 0 Å². The van der Waals surface area contributed by atoms with E-state index in [0.29, 0.717) is 17.1 Å². The first-order valence-corrected chi connectivity index (χ1v) is 13.7. The molecule has 1 aliphatic carbocycles. The third kappa shape index (κ3) is 6.05. The van der Waals surface area contributed by atoms with Crippen molar-refractivity contribution in [2.75, 3.05) is 19.5 Å². The summed E-state index contributed by atoms with van der Waals surface area (Å²) in [5.41, 5.74) is -0.133. The van der Waals surface area contributed by atoms with Gasteiger partial charge in [-0.05, 0) is 37.9 Å². The maximum absolute atomic E-state index is 6.29. The van der Waals surface area contributed by atoms with E-state index in [0.717, 1.165) is 13.0 Å². The van der Waals surface area contributed by atoms with Gasteiger partial charge in [0.1, 0.15) is 11.7 Å². The van der Waals surface area contributed by atoms with Gasteiger partial charge in [-0.1, -0.05) is 77.9 Å². The first-order valence-electron chi connectivity index (χ1n) is 12.6. The molecule has 3 rings (SSSR count). The van der Waals surface area contributed by atoms with Crippen molar-refractivity contribution in [3.8, 4) is 0 Å². The van der Waals surface area contributed by atoms with Crippen molar-refractivity contribution in [3.63, 3.8) is 0 Å². The van der Waals surface area contributed by atoms with Crippen LogP contribution in [0, 0.1) is 11.8 Å². The maximum atomic E-state index is 6.29. The molecule has 3 fully saturated rings. The average Bonchev–Trinajstić information content (AvgIpc) is 3.63. The Morgan fingerprint density at radius 1 is 1.10 bits per heavy atom. The topological polar surface area (TPSA) is 34.3 Å². The molecule has 1 spiro atoms. The number of unbranched alkanes of at least 4 members (excludes halogenated alkanes) is 7. The molecule has 0 aromatic heterocycles. The fourth-order valence-electron chi connectivity index (χ4n) is 5.47. The van der Waals surface area contributed by atoms with Gasteiger partial charge in [0.25, 0.3) is 0 Å². The lowest BCUT2D eigenvalue weighted by molar-refractivity contribution is -0.0450. The second kappa shape index (κ2) is 11.2. The zero-order valence-electron chi connectivity index (χ0n) is 20.2. The Balaban J connectivity index is 1.47. The van der Waals surface area contributed by atoms with Crippen molar-refractivity contribution >= 4 is 11.8 Å².